The summed E-state index contributed by atoms with van der Waals surface area (Å²) in [6, 6.07) is 7.32. The molecule has 0 saturated heterocycles. The third-order valence-corrected chi connectivity index (χ3v) is 4.89. The van der Waals surface area contributed by atoms with Crippen LogP contribution in [0.1, 0.15) is 33.6 Å². The molecule has 0 fully saturated rings. The molecule has 1 aromatic rings. The predicted octanol–water partition coefficient (Wildman–Crippen LogP) is 4.53. The highest BCUT2D eigenvalue weighted by atomic mass is 79.9. The maximum absolute atomic E-state index is 12.7. The van der Waals surface area contributed by atoms with Crippen LogP contribution in [0.15, 0.2) is 45.1 Å². The number of ether oxygens (including phenoxy) is 1. The van der Waals surface area contributed by atoms with Gasteiger partial charge in [0.2, 0.25) is 0 Å². The summed E-state index contributed by atoms with van der Waals surface area (Å²) in [4.78, 5) is 29.4. The molecule has 25 heavy (non-hydrogen) atoms. The number of methoxy groups -OCH3 is 1. The molecule has 1 atom stereocenters. The largest absolute Gasteiger partial charge is 0.511 e. The Hall–Kier alpha value is -1.95. The molecule has 2 rings (SSSR count). The number of aliphatic hydroxyl groups excluding tert-OH is 1. The van der Waals surface area contributed by atoms with E-state index < -0.39 is 17.3 Å². The molecule has 6 heteroatoms. The summed E-state index contributed by atoms with van der Waals surface area (Å²) in [6.07, 6.45) is 0.598. The Balaban J connectivity index is 2.57. The Bertz CT molecular complexity index is 747. The second-order valence-electron chi connectivity index (χ2n) is 6.69. The van der Waals surface area contributed by atoms with Crippen molar-refractivity contribution in [1.29, 1.82) is 0 Å². The highest BCUT2D eigenvalue weighted by Gasteiger charge is 2.47. The average Bonchev–Trinajstić information content (AvgIpc) is 2.54. The molecule has 0 radical (unpaired) electrons. The van der Waals surface area contributed by atoms with Gasteiger partial charge in [-0.25, -0.2) is 0 Å². The molecule has 0 aliphatic heterocycles. The van der Waals surface area contributed by atoms with Gasteiger partial charge in [0.1, 0.15) is 11.7 Å². The Morgan fingerprint density at radius 2 is 1.96 bits per heavy atom. The van der Waals surface area contributed by atoms with Crippen molar-refractivity contribution in [3.8, 4) is 0 Å². The van der Waals surface area contributed by atoms with Gasteiger partial charge in [0, 0.05) is 10.9 Å². The second kappa shape index (κ2) is 7.52. The number of hydrogen-bond acceptors (Lipinski definition) is 5. The lowest BCUT2D eigenvalue weighted by Gasteiger charge is -2.36. The van der Waals surface area contributed by atoms with E-state index in [0.717, 1.165) is 4.47 Å². The number of allylic oxidation sites excluding steroid dienone is 1. The van der Waals surface area contributed by atoms with Crippen molar-refractivity contribution in [3.05, 3.63) is 40.1 Å². The van der Waals surface area contributed by atoms with Gasteiger partial charge in [-0.2, -0.15) is 0 Å². The number of Topliss-reactive ketones (excluding diaryl/α,β-unsaturated/α-hetero) is 1. The van der Waals surface area contributed by atoms with Crippen molar-refractivity contribution < 1.29 is 19.4 Å². The predicted molar refractivity (Wildman–Crippen MR) is 100 cm³/mol. The van der Waals surface area contributed by atoms with Crippen molar-refractivity contribution in [2.24, 2.45) is 16.3 Å². The third-order valence-electron chi connectivity index (χ3n) is 4.36. The number of aliphatic imine (C=N–C) groups is 1. The van der Waals surface area contributed by atoms with Gasteiger partial charge >= 0.3 is 5.97 Å². The minimum absolute atomic E-state index is 0.139. The molecule has 1 aliphatic rings. The molecular weight excluding hydrogens is 386 g/mol. The molecule has 1 aromatic carbocycles. The Kier molecular flexibility index (Phi) is 5.83. The molecule has 1 aliphatic carbocycles. The van der Waals surface area contributed by atoms with E-state index in [1.54, 1.807) is 13.8 Å². The molecule has 0 aromatic heterocycles. The number of carbonyl (C=O) groups is 2. The summed E-state index contributed by atoms with van der Waals surface area (Å²) in [5.74, 6) is -1.88. The van der Waals surface area contributed by atoms with Crippen LogP contribution in [0.3, 0.4) is 0 Å². The number of ketones is 1. The Morgan fingerprint density at radius 3 is 2.48 bits per heavy atom. The molecule has 1 unspecified atom stereocenters. The van der Waals surface area contributed by atoms with Gasteiger partial charge in [0.25, 0.3) is 0 Å². The molecule has 0 bridgehead atoms. The van der Waals surface area contributed by atoms with E-state index in [9.17, 15) is 14.7 Å². The van der Waals surface area contributed by atoms with E-state index in [-0.39, 0.29) is 23.5 Å². The monoisotopic (exact) mass is 407 g/mol. The first kappa shape index (κ1) is 19.4. The fourth-order valence-corrected chi connectivity index (χ4v) is 3.37. The number of aliphatic hydroxyl groups is 1. The van der Waals surface area contributed by atoms with Gasteiger partial charge < -0.3 is 9.84 Å². The van der Waals surface area contributed by atoms with E-state index in [1.165, 1.54) is 7.11 Å². The number of nitrogens with zero attached hydrogens (tertiary/aromatic N) is 1. The first-order valence-electron chi connectivity index (χ1n) is 8.09. The van der Waals surface area contributed by atoms with Gasteiger partial charge in [-0.3, -0.25) is 14.6 Å². The van der Waals surface area contributed by atoms with Crippen LogP contribution in [0.25, 0.3) is 0 Å². The van der Waals surface area contributed by atoms with E-state index in [2.05, 4.69) is 20.9 Å². The van der Waals surface area contributed by atoms with Crippen LogP contribution >= 0.6 is 15.9 Å². The van der Waals surface area contributed by atoms with Crippen LogP contribution < -0.4 is 0 Å². The summed E-state index contributed by atoms with van der Waals surface area (Å²) in [5, 5.41) is 10.7. The number of halogens is 1. The maximum Gasteiger partial charge on any atom is 0.316 e. The molecule has 0 amide bonds. The smallest absolute Gasteiger partial charge is 0.316 e. The lowest BCUT2D eigenvalue weighted by atomic mass is 9.67. The van der Waals surface area contributed by atoms with Crippen molar-refractivity contribution in [2.45, 2.75) is 33.6 Å². The SMILES string of the molecule is CCC(=Nc1ccc(Br)cc1)C1=C(O)C(C(=O)OC)C(C)(C)CC1=O. The van der Waals surface area contributed by atoms with Crippen LogP contribution in [0.4, 0.5) is 5.69 Å². The molecule has 5 nitrogen and oxygen atoms in total. The van der Waals surface area contributed by atoms with Gasteiger partial charge in [-0.05, 0) is 36.1 Å². The second-order valence-corrected chi connectivity index (χ2v) is 7.61. The fraction of sp³-hybridized carbons (Fsp3) is 0.421. The summed E-state index contributed by atoms with van der Waals surface area (Å²) in [5.41, 5.74) is 0.566. The van der Waals surface area contributed by atoms with E-state index in [4.69, 9.17) is 4.74 Å². The standard InChI is InChI=1S/C19H22BrNO4/c1-5-13(21-12-8-6-11(20)7-9-12)15-14(22)10-19(2,3)16(17(15)23)18(24)25-4/h6-9,16,23H,5,10H2,1-4H3. The maximum atomic E-state index is 12.7. The molecule has 0 saturated carbocycles. The van der Waals surface area contributed by atoms with E-state index in [0.29, 0.717) is 17.8 Å². The number of rotatable bonds is 4. The summed E-state index contributed by atoms with van der Waals surface area (Å²) in [7, 11) is 1.28. The fourth-order valence-electron chi connectivity index (χ4n) is 3.10. The molecular formula is C19H22BrNO4. The van der Waals surface area contributed by atoms with Crippen molar-refractivity contribution in [3.63, 3.8) is 0 Å². The molecule has 0 heterocycles. The Labute approximate surface area is 155 Å². The number of hydrogen-bond donors (Lipinski definition) is 1. The van der Waals surface area contributed by atoms with Gasteiger partial charge in [-0.1, -0.05) is 36.7 Å². The van der Waals surface area contributed by atoms with E-state index >= 15 is 0 Å². The highest BCUT2D eigenvalue weighted by Crippen LogP contribution is 2.42. The first-order chi connectivity index (χ1) is 11.7. The topological polar surface area (TPSA) is 76.0 Å². The average molecular weight is 408 g/mol. The summed E-state index contributed by atoms with van der Waals surface area (Å²) >= 11 is 3.37. The number of esters is 1. The van der Waals surface area contributed by atoms with E-state index in [1.807, 2.05) is 31.2 Å². The van der Waals surface area contributed by atoms with Crippen molar-refractivity contribution in [1.82, 2.24) is 0 Å². The van der Waals surface area contributed by atoms with Crippen LogP contribution in [-0.2, 0) is 14.3 Å². The lowest BCUT2D eigenvalue weighted by molar-refractivity contribution is -0.150. The minimum atomic E-state index is -0.883. The molecule has 0 spiro atoms. The summed E-state index contributed by atoms with van der Waals surface area (Å²) in [6.45, 7) is 5.41. The lowest BCUT2D eigenvalue weighted by Crippen LogP contribution is -2.41. The van der Waals surface area contributed by atoms with Gasteiger partial charge in [0.15, 0.2) is 5.78 Å². The third kappa shape index (κ3) is 4.00. The van der Waals surface area contributed by atoms with Gasteiger partial charge in [0.05, 0.1) is 24.1 Å². The quantitative estimate of drug-likeness (QED) is 0.587. The zero-order chi connectivity index (χ0) is 18.8. The van der Waals surface area contributed by atoms with Crippen LogP contribution in [0, 0.1) is 11.3 Å². The van der Waals surface area contributed by atoms with Crippen LogP contribution in [0.5, 0.6) is 0 Å². The van der Waals surface area contributed by atoms with Gasteiger partial charge in [-0.15, -0.1) is 0 Å². The zero-order valence-corrected chi connectivity index (χ0v) is 16.4. The van der Waals surface area contributed by atoms with Crippen molar-refractivity contribution >= 4 is 39.1 Å². The van der Waals surface area contributed by atoms with Crippen molar-refractivity contribution in [2.75, 3.05) is 7.11 Å². The number of benzene rings is 1. The highest BCUT2D eigenvalue weighted by molar-refractivity contribution is 9.10. The first-order valence-corrected chi connectivity index (χ1v) is 8.88. The molecule has 1 N–H and O–H groups in total. The summed E-state index contributed by atoms with van der Waals surface area (Å²) < 4.78 is 5.76. The molecule has 134 valence electrons. The Morgan fingerprint density at radius 1 is 1.36 bits per heavy atom. The zero-order valence-electron chi connectivity index (χ0n) is 14.8. The van der Waals surface area contributed by atoms with Crippen LogP contribution in [0.2, 0.25) is 0 Å². The number of carbonyl (C=O) groups excluding carboxylic acids is 2. The minimum Gasteiger partial charge on any atom is -0.511 e. The normalized spacial score (nSPS) is 20.6. The van der Waals surface area contributed by atoms with Crippen LogP contribution in [-0.4, -0.2) is 29.7 Å².